The third kappa shape index (κ3) is 10.1. The molecule has 0 saturated heterocycles. The molecule has 104 valence electrons. The molecular weight excluding hydrogens is 492 g/mol. The minimum absolute atomic E-state index is 0.839. The van der Waals surface area contributed by atoms with Crippen LogP contribution in [0.15, 0.2) is 24.3 Å². The molecule has 0 heterocycles. The van der Waals surface area contributed by atoms with Gasteiger partial charge >= 0.3 is 0 Å². The fourth-order valence-electron chi connectivity index (χ4n) is 1.50. The topological polar surface area (TPSA) is 21.3 Å². The summed E-state index contributed by atoms with van der Waals surface area (Å²) in [5.74, 6) is 0. The molecule has 0 aromatic heterocycles. The van der Waals surface area contributed by atoms with Crippen LogP contribution < -0.4 is 4.72 Å². The maximum atomic E-state index is 5.23. The number of aryl methyl sites for hydroxylation is 2. The van der Waals surface area contributed by atoms with E-state index in [4.69, 9.17) is 4.18 Å². The summed E-state index contributed by atoms with van der Waals surface area (Å²) in [6, 6.07) is 8.65. The van der Waals surface area contributed by atoms with Gasteiger partial charge in [-0.05, 0) is 46.6 Å². The minimum atomic E-state index is 0.839. The van der Waals surface area contributed by atoms with Crippen LogP contribution >= 0.6 is 60.7 Å². The van der Waals surface area contributed by atoms with Gasteiger partial charge in [0.25, 0.3) is 0 Å². The van der Waals surface area contributed by atoms with Crippen LogP contribution in [-0.2, 0) is 17.0 Å². The van der Waals surface area contributed by atoms with Crippen LogP contribution in [-0.4, -0.2) is 13.7 Å². The summed E-state index contributed by atoms with van der Waals surface area (Å²) in [6.07, 6.45) is 3.35. The van der Waals surface area contributed by atoms with Crippen LogP contribution in [0, 0.1) is 0 Å². The molecule has 1 aromatic carbocycles. The van der Waals surface area contributed by atoms with Crippen LogP contribution in [0.5, 0.6) is 0 Å². The molecule has 0 aliphatic rings. The van der Waals surface area contributed by atoms with Gasteiger partial charge in [-0.3, -0.25) is 4.72 Å². The van der Waals surface area contributed by atoms with Crippen molar-refractivity contribution in [2.75, 3.05) is 13.7 Å². The predicted molar refractivity (Wildman–Crippen MR) is 102 cm³/mol. The van der Waals surface area contributed by atoms with E-state index in [9.17, 15) is 0 Å². The van der Waals surface area contributed by atoms with Crippen LogP contribution in [0.2, 0.25) is 0 Å². The van der Waals surface area contributed by atoms with Gasteiger partial charge in [0, 0.05) is 42.4 Å². The molecule has 0 bridgehead atoms. The highest BCUT2D eigenvalue weighted by molar-refractivity contribution is 14.2. The summed E-state index contributed by atoms with van der Waals surface area (Å²) >= 11 is 4.31. The Bertz CT molecular complexity index is 301. The lowest BCUT2D eigenvalue weighted by molar-refractivity contribution is 0.371. The summed E-state index contributed by atoms with van der Waals surface area (Å²) in [6.45, 7) is 3.04. The fraction of sp³-hybridized carbons (Fsp3) is 0.500. The fourth-order valence-corrected chi connectivity index (χ4v) is 2.22. The standard InChI is InChI=1S/C11H15IOS.CH4INS/c1-2-10-6-3-4-7-11(10)8-5-9-13-14-12;1-3-4-2/h3-4,6-7H,2,5,8-9H2,1H3;3H,1H3. The predicted octanol–water partition coefficient (Wildman–Crippen LogP) is 5.40. The molecule has 6 heteroatoms. The first-order valence-electron chi connectivity index (χ1n) is 5.71. The van der Waals surface area contributed by atoms with Crippen molar-refractivity contribution in [2.45, 2.75) is 26.2 Å². The highest BCUT2D eigenvalue weighted by Crippen LogP contribution is 2.15. The van der Waals surface area contributed by atoms with Crippen molar-refractivity contribution in [1.82, 2.24) is 4.72 Å². The number of hydrogen-bond acceptors (Lipinski definition) is 4. The Balaban J connectivity index is 0.000000631. The highest BCUT2D eigenvalue weighted by atomic mass is 127. The van der Waals surface area contributed by atoms with Gasteiger partial charge in [-0.25, -0.2) is 0 Å². The number of rotatable bonds is 7. The average Bonchev–Trinajstić information content (AvgIpc) is 2.44. The zero-order chi connectivity index (χ0) is 13.6. The van der Waals surface area contributed by atoms with Crippen molar-refractivity contribution in [3.63, 3.8) is 0 Å². The van der Waals surface area contributed by atoms with Crippen LogP contribution in [0.25, 0.3) is 0 Å². The van der Waals surface area contributed by atoms with E-state index in [-0.39, 0.29) is 0 Å². The first-order chi connectivity index (χ1) is 8.79. The third-order valence-corrected chi connectivity index (χ3v) is 4.79. The van der Waals surface area contributed by atoms with Gasteiger partial charge in [-0.1, -0.05) is 31.2 Å². The zero-order valence-electron chi connectivity index (χ0n) is 10.6. The van der Waals surface area contributed by atoms with Crippen molar-refractivity contribution >= 4 is 60.7 Å². The number of hydrogen-bond donors (Lipinski definition) is 1. The van der Waals surface area contributed by atoms with Crippen molar-refractivity contribution in [3.8, 4) is 0 Å². The molecule has 0 saturated carbocycles. The van der Waals surface area contributed by atoms with E-state index < -0.39 is 0 Å². The zero-order valence-corrected chi connectivity index (χ0v) is 16.6. The monoisotopic (exact) mass is 511 g/mol. The van der Waals surface area contributed by atoms with Crippen molar-refractivity contribution < 1.29 is 4.18 Å². The smallest absolute Gasteiger partial charge is 0.0650 e. The summed E-state index contributed by atoms with van der Waals surface area (Å²) in [5, 5.41) is 0. The molecule has 1 aromatic rings. The quantitative estimate of drug-likeness (QED) is 0.229. The Labute approximate surface area is 143 Å². The SMILES string of the molecule is CCc1ccccc1CCCOSI.CNSI. The third-order valence-electron chi connectivity index (χ3n) is 2.29. The van der Waals surface area contributed by atoms with E-state index in [1.807, 2.05) is 7.05 Å². The molecule has 0 atom stereocenters. The first kappa shape index (κ1) is 19.3. The van der Waals surface area contributed by atoms with Gasteiger partial charge in [0.2, 0.25) is 0 Å². The first-order valence-corrected chi connectivity index (χ1v) is 12.4. The number of halogens is 2. The summed E-state index contributed by atoms with van der Waals surface area (Å²) in [5.41, 5.74) is 2.94. The van der Waals surface area contributed by atoms with Gasteiger partial charge in [-0.15, -0.1) is 0 Å². The Kier molecular flexibility index (Phi) is 15.8. The molecule has 18 heavy (non-hydrogen) atoms. The second kappa shape index (κ2) is 14.7. The molecule has 0 amide bonds. The molecular formula is C12H19I2NOS2. The molecule has 0 aliphatic carbocycles. The van der Waals surface area contributed by atoms with Gasteiger partial charge in [0.1, 0.15) is 0 Å². The maximum absolute atomic E-state index is 5.23. The van der Waals surface area contributed by atoms with E-state index in [1.165, 1.54) is 20.3 Å². The van der Waals surface area contributed by atoms with Crippen LogP contribution in [0.1, 0.15) is 24.5 Å². The van der Waals surface area contributed by atoms with E-state index in [0.717, 1.165) is 25.9 Å². The van der Waals surface area contributed by atoms with Gasteiger partial charge in [0.15, 0.2) is 0 Å². The lowest BCUT2D eigenvalue weighted by Crippen LogP contribution is -1.95. The second-order valence-electron chi connectivity index (χ2n) is 3.39. The normalized spacial score (nSPS) is 9.78. The van der Waals surface area contributed by atoms with Crippen molar-refractivity contribution in [3.05, 3.63) is 35.4 Å². The largest absolute Gasteiger partial charge is 0.305 e. The van der Waals surface area contributed by atoms with E-state index >= 15 is 0 Å². The summed E-state index contributed by atoms with van der Waals surface area (Å²) < 4.78 is 8.07. The average molecular weight is 511 g/mol. The highest BCUT2D eigenvalue weighted by Gasteiger charge is 1.99. The lowest BCUT2D eigenvalue weighted by Gasteiger charge is -2.06. The van der Waals surface area contributed by atoms with Gasteiger partial charge in [-0.2, -0.15) is 0 Å². The lowest BCUT2D eigenvalue weighted by atomic mass is 10.0. The van der Waals surface area contributed by atoms with E-state index in [0.29, 0.717) is 0 Å². The molecule has 2 nitrogen and oxygen atoms in total. The molecule has 0 radical (unpaired) electrons. The second-order valence-corrected chi connectivity index (χ2v) is 6.72. The van der Waals surface area contributed by atoms with E-state index in [1.54, 1.807) is 9.12 Å². The Hall–Kier alpha value is 1.30. The van der Waals surface area contributed by atoms with Crippen molar-refractivity contribution in [2.24, 2.45) is 0 Å². The number of nitrogens with one attached hydrogen (secondary N) is 1. The van der Waals surface area contributed by atoms with Crippen LogP contribution in [0.3, 0.4) is 0 Å². The minimum Gasteiger partial charge on any atom is -0.305 e. The summed E-state index contributed by atoms with van der Waals surface area (Å²) in [7, 11) is 4.88. The Morgan fingerprint density at radius 2 is 1.83 bits per heavy atom. The Morgan fingerprint density at radius 3 is 2.33 bits per heavy atom. The van der Waals surface area contributed by atoms with E-state index in [2.05, 4.69) is 78.3 Å². The number of benzene rings is 1. The molecule has 0 aliphatic heterocycles. The van der Waals surface area contributed by atoms with Gasteiger partial charge < -0.3 is 4.18 Å². The maximum Gasteiger partial charge on any atom is 0.0650 e. The van der Waals surface area contributed by atoms with Crippen molar-refractivity contribution in [1.29, 1.82) is 0 Å². The summed E-state index contributed by atoms with van der Waals surface area (Å²) in [4.78, 5) is 0. The van der Waals surface area contributed by atoms with Gasteiger partial charge in [0.05, 0.1) is 15.8 Å². The molecule has 1 N–H and O–H groups in total. The molecule has 0 spiro atoms. The Morgan fingerprint density at radius 1 is 1.22 bits per heavy atom. The molecule has 1 rings (SSSR count). The molecule has 0 unspecified atom stereocenters. The molecule has 0 fully saturated rings. The van der Waals surface area contributed by atoms with Crippen LogP contribution in [0.4, 0.5) is 0 Å².